The summed E-state index contributed by atoms with van der Waals surface area (Å²) in [6.45, 7) is 5.75. The topological polar surface area (TPSA) is 23.5 Å². The molecule has 0 amide bonds. The van der Waals surface area contributed by atoms with Crippen LogP contribution in [0.5, 0.6) is 0 Å². The maximum absolute atomic E-state index is 9.05. The van der Waals surface area contributed by atoms with Crippen LogP contribution in [0.25, 0.3) is 0 Å². The molecule has 0 spiro atoms. The fourth-order valence-corrected chi connectivity index (χ4v) is 1.06. The lowest BCUT2D eigenvalue weighted by Gasteiger charge is -2.10. The van der Waals surface area contributed by atoms with Crippen molar-refractivity contribution in [3.63, 3.8) is 0 Å². The summed E-state index contributed by atoms with van der Waals surface area (Å²) in [5.41, 5.74) is 0. The molecule has 0 aliphatic carbocycles. The molecule has 1 N–H and O–H groups in total. The summed E-state index contributed by atoms with van der Waals surface area (Å²) in [4.78, 5) is 0. The standard InChI is InChI=1S/C9H21NO/c1-3-5-6-7-8-9-10(11)4-2/h11H,3-9H2,1-2H3. The summed E-state index contributed by atoms with van der Waals surface area (Å²) in [5, 5.41) is 10.4. The van der Waals surface area contributed by atoms with Crippen LogP contribution in [0.4, 0.5) is 0 Å². The highest BCUT2D eigenvalue weighted by atomic mass is 16.5. The predicted octanol–water partition coefficient (Wildman–Crippen LogP) is 2.67. The zero-order chi connectivity index (χ0) is 8.53. The molecule has 0 aromatic rings. The first-order chi connectivity index (χ1) is 5.31. The van der Waals surface area contributed by atoms with Crippen LogP contribution >= 0.6 is 0 Å². The van der Waals surface area contributed by atoms with E-state index in [2.05, 4.69) is 6.92 Å². The van der Waals surface area contributed by atoms with Gasteiger partial charge < -0.3 is 5.21 Å². The molecule has 0 fully saturated rings. The minimum atomic E-state index is 0.744. The van der Waals surface area contributed by atoms with Gasteiger partial charge in [0.15, 0.2) is 0 Å². The summed E-state index contributed by atoms with van der Waals surface area (Å²) < 4.78 is 0. The molecule has 0 bridgehead atoms. The van der Waals surface area contributed by atoms with Gasteiger partial charge in [-0.1, -0.05) is 39.5 Å². The van der Waals surface area contributed by atoms with Crippen molar-refractivity contribution in [3.05, 3.63) is 0 Å². The molecule has 0 aliphatic heterocycles. The maximum Gasteiger partial charge on any atom is 0.0238 e. The summed E-state index contributed by atoms with van der Waals surface area (Å²) in [7, 11) is 0. The Morgan fingerprint density at radius 2 is 1.64 bits per heavy atom. The molecule has 0 atom stereocenters. The zero-order valence-electron chi connectivity index (χ0n) is 7.84. The van der Waals surface area contributed by atoms with Crippen molar-refractivity contribution in [3.8, 4) is 0 Å². The second kappa shape index (κ2) is 8.02. The van der Waals surface area contributed by atoms with E-state index in [0.717, 1.165) is 19.5 Å². The van der Waals surface area contributed by atoms with Crippen LogP contribution in [-0.4, -0.2) is 23.4 Å². The molecule has 0 heterocycles. The van der Waals surface area contributed by atoms with Crippen molar-refractivity contribution >= 4 is 0 Å². The van der Waals surface area contributed by atoms with E-state index < -0.39 is 0 Å². The van der Waals surface area contributed by atoms with E-state index in [0.29, 0.717) is 0 Å². The summed E-state index contributed by atoms with van der Waals surface area (Å²) in [5.74, 6) is 0. The van der Waals surface area contributed by atoms with Crippen molar-refractivity contribution in [2.24, 2.45) is 0 Å². The van der Waals surface area contributed by atoms with E-state index in [9.17, 15) is 0 Å². The Morgan fingerprint density at radius 3 is 2.18 bits per heavy atom. The first-order valence-electron chi connectivity index (χ1n) is 4.75. The van der Waals surface area contributed by atoms with Gasteiger partial charge in [-0.3, -0.25) is 0 Å². The van der Waals surface area contributed by atoms with Crippen LogP contribution in [-0.2, 0) is 0 Å². The second-order valence-corrected chi connectivity index (χ2v) is 2.96. The average Bonchev–Trinajstić information content (AvgIpc) is 2.04. The van der Waals surface area contributed by atoms with E-state index in [4.69, 9.17) is 5.21 Å². The van der Waals surface area contributed by atoms with Crippen molar-refractivity contribution < 1.29 is 5.21 Å². The van der Waals surface area contributed by atoms with E-state index in [1.807, 2.05) is 6.92 Å². The molecule has 0 saturated carbocycles. The van der Waals surface area contributed by atoms with Crippen LogP contribution in [0.15, 0.2) is 0 Å². The zero-order valence-corrected chi connectivity index (χ0v) is 7.84. The van der Waals surface area contributed by atoms with E-state index in [1.165, 1.54) is 30.7 Å². The van der Waals surface area contributed by atoms with Crippen LogP contribution in [0.3, 0.4) is 0 Å². The number of hydroxylamine groups is 2. The molecule has 2 nitrogen and oxygen atoms in total. The van der Waals surface area contributed by atoms with E-state index in [-0.39, 0.29) is 0 Å². The molecule has 0 rings (SSSR count). The molecular formula is C9H21NO. The fourth-order valence-electron chi connectivity index (χ4n) is 1.06. The van der Waals surface area contributed by atoms with Crippen LogP contribution < -0.4 is 0 Å². The lowest BCUT2D eigenvalue weighted by molar-refractivity contribution is -0.0869. The Labute approximate surface area is 70.2 Å². The van der Waals surface area contributed by atoms with Gasteiger partial charge in [0.1, 0.15) is 0 Å². The van der Waals surface area contributed by atoms with Crippen LogP contribution in [0.2, 0.25) is 0 Å². The monoisotopic (exact) mass is 159 g/mol. The highest BCUT2D eigenvalue weighted by Crippen LogP contribution is 2.02. The number of rotatable bonds is 7. The Balaban J connectivity index is 2.89. The second-order valence-electron chi connectivity index (χ2n) is 2.96. The SMILES string of the molecule is CCCCCCCN(O)CC. The molecule has 0 aromatic carbocycles. The molecule has 2 heteroatoms. The van der Waals surface area contributed by atoms with Gasteiger partial charge in [0.25, 0.3) is 0 Å². The van der Waals surface area contributed by atoms with Gasteiger partial charge in [-0.25, -0.2) is 0 Å². The molecule has 0 aromatic heterocycles. The van der Waals surface area contributed by atoms with Gasteiger partial charge in [0, 0.05) is 13.1 Å². The third-order valence-corrected chi connectivity index (χ3v) is 1.88. The van der Waals surface area contributed by atoms with E-state index in [1.54, 1.807) is 0 Å². The smallest absolute Gasteiger partial charge is 0.0238 e. The van der Waals surface area contributed by atoms with Gasteiger partial charge in [-0.2, -0.15) is 5.06 Å². The maximum atomic E-state index is 9.05. The minimum Gasteiger partial charge on any atom is -0.314 e. The number of unbranched alkanes of at least 4 members (excludes halogenated alkanes) is 4. The summed E-state index contributed by atoms with van der Waals surface area (Å²) >= 11 is 0. The minimum absolute atomic E-state index is 0.744. The molecule has 68 valence electrons. The first kappa shape index (κ1) is 10.9. The molecular weight excluding hydrogens is 138 g/mol. The van der Waals surface area contributed by atoms with Crippen molar-refractivity contribution in [2.75, 3.05) is 13.1 Å². The molecule has 11 heavy (non-hydrogen) atoms. The quantitative estimate of drug-likeness (QED) is 0.456. The number of nitrogens with zero attached hydrogens (tertiary/aromatic N) is 1. The molecule has 0 aliphatic rings. The van der Waals surface area contributed by atoms with Gasteiger partial charge in [0.2, 0.25) is 0 Å². The van der Waals surface area contributed by atoms with Gasteiger partial charge in [-0.15, -0.1) is 0 Å². The average molecular weight is 159 g/mol. The lowest BCUT2D eigenvalue weighted by Crippen LogP contribution is -2.19. The Bertz CT molecular complexity index is 76.0. The predicted molar refractivity (Wildman–Crippen MR) is 47.8 cm³/mol. The van der Waals surface area contributed by atoms with Gasteiger partial charge in [0.05, 0.1) is 0 Å². The van der Waals surface area contributed by atoms with Crippen molar-refractivity contribution in [2.45, 2.75) is 46.0 Å². The first-order valence-corrected chi connectivity index (χ1v) is 4.75. The third-order valence-electron chi connectivity index (χ3n) is 1.88. The Kier molecular flexibility index (Phi) is 7.96. The van der Waals surface area contributed by atoms with Crippen molar-refractivity contribution in [1.29, 1.82) is 0 Å². The van der Waals surface area contributed by atoms with Crippen LogP contribution in [0.1, 0.15) is 46.0 Å². The fraction of sp³-hybridized carbons (Fsp3) is 1.00. The summed E-state index contributed by atoms with van der Waals surface area (Å²) in [6.07, 6.45) is 6.32. The highest BCUT2D eigenvalue weighted by molar-refractivity contribution is 4.45. The van der Waals surface area contributed by atoms with Crippen LogP contribution in [0, 0.1) is 0 Å². The molecule has 0 unspecified atom stereocenters. The largest absolute Gasteiger partial charge is 0.314 e. The summed E-state index contributed by atoms with van der Waals surface area (Å²) in [6, 6.07) is 0. The molecule has 0 radical (unpaired) electrons. The van der Waals surface area contributed by atoms with Gasteiger partial charge in [-0.05, 0) is 6.42 Å². The lowest BCUT2D eigenvalue weighted by atomic mass is 10.1. The van der Waals surface area contributed by atoms with E-state index >= 15 is 0 Å². The van der Waals surface area contributed by atoms with Gasteiger partial charge >= 0.3 is 0 Å². The third kappa shape index (κ3) is 7.82. The molecule has 0 saturated heterocycles. The number of hydrogen-bond acceptors (Lipinski definition) is 2. The van der Waals surface area contributed by atoms with Crippen molar-refractivity contribution in [1.82, 2.24) is 5.06 Å². The Hall–Kier alpha value is -0.0800. The normalized spacial score (nSPS) is 10.9. The highest BCUT2D eigenvalue weighted by Gasteiger charge is 1.94. The Morgan fingerprint density at radius 1 is 1.00 bits per heavy atom. The number of hydrogen-bond donors (Lipinski definition) is 1.